The van der Waals surface area contributed by atoms with Crippen molar-refractivity contribution in [3.63, 3.8) is 0 Å². The molecule has 0 saturated carbocycles. The monoisotopic (exact) mass is 269 g/mol. The molecule has 0 aliphatic rings. The predicted octanol–water partition coefficient (Wildman–Crippen LogP) is 2.83. The van der Waals surface area contributed by atoms with Crippen molar-refractivity contribution in [2.24, 2.45) is 0 Å². The maximum atomic E-state index is 10.8. The molecule has 0 fully saturated rings. The molecular weight excluding hydrogens is 250 g/mol. The van der Waals surface area contributed by atoms with Gasteiger partial charge in [-0.3, -0.25) is 9.69 Å². The van der Waals surface area contributed by atoms with Gasteiger partial charge in [0.15, 0.2) is 0 Å². The molecule has 0 atom stereocenters. The van der Waals surface area contributed by atoms with Gasteiger partial charge < -0.3 is 5.11 Å². The molecule has 3 heteroatoms. The number of likely N-dealkylation sites (N-methyl/N-ethyl adjacent to an activating group) is 1. The van der Waals surface area contributed by atoms with Crippen LogP contribution in [0.5, 0.6) is 0 Å². The highest BCUT2D eigenvalue weighted by atomic mass is 16.4. The summed E-state index contributed by atoms with van der Waals surface area (Å²) in [7, 11) is 1.84. The van der Waals surface area contributed by atoms with Gasteiger partial charge in [0.05, 0.1) is 6.54 Å². The van der Waals surface area contributed by atoms with Gasteiger partial charge in [-0.2, -0.15) is 0 Å². The molecule has 2 aromatic rings. The van der Waals surface area contributed by atoms with Crippen LogP contribution < -0.4 is 0 Å². The quantitative estimate of drug-likeness (QED) is 0.876. The standard InChI is InChI=1S/C17H19NO2/c1-18(13-17(19)20)12-16(14-8-4-2-5-9-14)15-10-6-3-7-11-15/h2-11,16H,12-13H2,1H3,(H,19,20). The van der Waals surface area contributed by atoms with E-state index < -0.39 is 5.97 Å². The molecule has 0 spiro atoms. The van der Waals surface area contributed by atoms with Crippen molar-refractivity contribution < 1.29 is 9.90 Å². The average molecular weight is 269 g/mol. The molecule has 1 N–H and O–H groups in total. The zero-order valence-corrected chi connectivity index (χ0v) is 11.6. The molecule has 3 nitrogen and oxygen atoms in total. The van der Waals surface area contributed by atoms with Crippen molar-refractivity contribution in [1.82, 2.24) is 4.90 Å². The number of carbonyl (C=O) groups is 1. The minimum atomic E-state index is -0.799. The molecule has 0 aliphatic carbocycles. The summed E-state index contributed by atoms with van der Waals surface area (Å²) in [5, 5.41) is 8.90. The highest BCUT2D eigenvalue weighted by molar-refractivity contribution is 5.69. The Balaban J connectivity index is 2.24. The van der Waals surface area contributed by atoms with Crippen LogP contribution in [0.3, 0.4) is 0 Å². The summed E-state index contributed by atoms with van der Waals surface area (Å²) in [6.45, 7) is 0.733. The first kappa shape index (κ1) is 14.3. The molecule has 2 rings (SSSR count). The molecule has 0 amide bonds. The van der Waals surface area contributed by atoms with Crippen molar-refractivity contribution in [2.45, 2.75) is 5.92 Å². The number of carboxylic acid groups (broad SMARTS) is 1. The topological polar surface area (TPSA) is 40.5 Å². The number of hydrogen-bond donors (Lipinski definition) is 1. The average Bonchev–Trinajstić information content (AvgIpc) is 2.46. The second kappa shape index (κ2) is 6.87. The molecule has 0 aromatic heterocycles. The summed E-state index contributed by atoms with van der Waals surface area (Å²) >= 11 is 0. The smallest absolute Gasteiger partial charge is 0.317 e. The second-order valence-corrected chi connectivity index (χ2v) is 4.96. The SMILES string of the molecule is CN(CC(=O)O)CC(c1ccccc1)c1ccccc1. The molecule has 0 radical (unpaired) electrons. The van der Waals surface area contributed by atoms with Gasteiger partial charge in [0.25, 0.3) is 0 Å². The maximum absolute atomic E-state index is 10.8. The third-order valence-corrected chi connectivity index (χ3v) is 3.30. The molecule has 104 valence electrons. The molecule has 0 unspecified atom stereocenters. The first-order valence-electron chi connectivity index (χ1n) is 6.67. The minimum absolute atomic E-state index is 0.0518. The first-order valence-corrected chi connectivity index (χ1v) is 6.67. The van der Waals surface area contributed by atoms with Crippen LogP contribution in [0.15, 0.2) is 60.7 Å². The third-order valence-electron chi connectivity index (χ3n) is 3.30. The maximum Gasteiger partial charge on any atom is 0.317 e. The van der Waals surface area contributed by atoms with E-state index >= 15 is 0 Å². The van der Waals surface area contributed by atoms with Gasteiger partial charge in [0, 0.05) is 12.5 Å². The summed E-state index contributed by atoms with van der Waals surface area (Å²) in [6, 6.07) is 20.4. The van der Waals surface area contributed by atoms with Crippen LogP contribution in [-0.2, 0) is 4.79 Å². The molecule has 2 aromatic carbocycles. The van der Waals surface area contributed by atoms with Gasteiger partial charge in [-0.25, -0.2) is 0 Å². The van der Waals surface area contributed by atoms with E-state index in [4.69, 9.17) is 5.11 Å². The summed E-state index contributed by atoms with van der Waals surface area (Å²) in [4.78, 5) is 12.7. The van der Waals surface area contributed by atoms with Crippen molar-refractivity contribution in [3.8, 4) is 0 Å². The van der Waals surface area contributed by atoms with Crippen LogP contribution in [0.25, 0.3) is 0 Å². The van der Waals surface area contributed by atoms with Crippen molar-refractivity contribution in [3.05, 3.63) is 71.8 Å². The Bertz CT molecular complexity index is 500. The number of rotatable bonds is 6. The summed E-state index contributed by atoms with van der Waals surface area (Å²) in [5.41, 5.74) is 2.41. The fourth-order valence-electron chi connectivity index (χ4n) is 2.38. The van der Waals surface area contributed by atoms with E-state index in [-0.39, 0.29) is 12.5 Å². The van der Waals surface area contributed by atoms with Gasteiger partial charge in [-0.05, 0) is 18.2 Å². The normalized spacial score (nSPS) is 10.9. The number of aliphatic carboxylic acids is 1. The van der Waals surface area contributed by atoms with Gasteiger partial charge in [-0.15, -0.1) is 0 Å². The lowest BCUT2D eigenvalue weighted by molar-refractivity contribution is -0.138. The van der Waals surface area contributed by atoms with Gasteiger partial charge in [0.1, 0.15) is 0 Å². The van der Waals surface area contributed by atoms with Gasteiger partial charge in [0.2, 0.25) is 0 Å². The Kier molecular flexibility index (Phi) is 4.91. The zero-order valence-electron chi connectivity index (χ0n) is 11.6. The van der Waals surface area contributed by atoms with Crippen LogP contribution in [0, 0.1) is 0 Å². The Morgan fingerprint density at radius 2 is 1.45 bits per heavy atom. The van der Waals surface area contributed by atoms with E-state index in [1.165, 1.54) is 11.1 Å². The van der Waals surface area contributed by atoms with E-state index in [1.54, 1.807) is 0 Å². The van der Waals surface area contributed by atoms with Crippen molar-refractivity contribution in [1.29, 1.82) is 0 Å². The van der Waals surface area contributed by atoms with Crippen LogP contribution in [0.1, 0.15) is 17.0 Å². The van der Waals surface area contributed by atoms with Crippen LogP contribution in [0.4, 0.5) is 0 Å². The third kappa shape index (κ3) is 3.93. The van der Waals surface area contributed by atoms with E-state index in [1.807, 2.05) is 48.3 Å². The Morgan fingerprint density at radius 3 is 1.85 bits per heavy atom. The highest BCUT2D eigenvalue weighted by Crippen LogP contribution is 2.25. The van der Waals surface area contributed by atoms with E-state index in [9.17, 15) is 4.79 Å². The molecule has 0 heterocycles. The summed E-state index contributed by atoms with van der Waals surface area (Å²) in [5.74, 6) is -0.617. The lowest BCUT2D eigenvalue weighted by Crippen LogP contribution is -2.30. The Morgan fingerprint density at radius 1 is 1.00 bits per heavy atom. The highest BCUT2D eigenvalue weighted by Gasteiger charge is 2.17. The van der Waals surface area contributed by atoms with Crippen molar-refractivity contribution in [2.75, 3.05) is 20.1 Å². The number of hydrogen-bond acceptors (Lipinski definition) is 2. The number of nitrogens with zero attached hydrogens (tertiary/aromatic N) is 1. The zero-order chi connectivity index (χ0) is 14.4. The number of benzene rings is 2. The van der Waals surface area contributed by atoms with E-state index in [2.05, 4.69) is 24.3 Å². The Hall–Kier alpha value is -2.13. The Labute approximate surface area is 119 Å². The van der Waals surface area contributed by atoms with Crippen molar-refractivity contribution >= 4 is 5.97 Å². The number of carboxylic acids is 1. The molecule has 0 bridgehead atoms. The van der Waals surface area contributed by atoms with Crippen LogP contribution in [-0.4, -0.2) is 36.1 Å². The fourth-order valence-corrected chi connectivity index (χ4v) is 2.38. The second-order valence-electron chi connectivity index (χ2n) is 4.96. The van der Waals surface area contributed by atoms with Gasteiger partial charge >= 0.3 is 5.97 Å². The van der Waals surface area contributed by atoms with E-state index in [0.29, 0.717) is 6.54 Å². The lowest BCUT2D eigenvalue weighted by atomic mass is 9.91. The molecule has 0 aliphatic heterocycles. The van der Waals surface area contributed by atoms with E-state index in [0.717, 1.165) is 0 Å². The summed E-state index contributed by atoms with van der Waals surface area (Å²) < 4.78 is 0. The van der Waals surface area contributed by atoms with Gasteiger partial charge in [-0.1, -0.05) is 60.7 Å². The largest absolute Gasteiger partial charge is 0.480 e. The van der Waals surface area contributed by atoms with Crippen LogP contribution in [0.2, 0.25) is 0 Å². The van der Waals surface area contributed by atoms with Crippen LogP contribution >= 0.6 is 0 Å². The summed E-state index contributed by atoms with van der Waals surface area (Å²) in [6.07, 6.45) is 0. The fraction of sp³-hybridized carbons (Fsp3) is 0.235. The molecule has 0 saturated heterocycles. The minimum Gasteiger partial charge on any atom is -0.480 e. The first-order chi connectivity index (χ1) is 9.66. The molecular formula is C17H19NO2. The predicted molar refractivity (Wildman–Crippen MR) is 79.9 cm³/mol. The molecule has 20 heavy (non-hydrogen) atoms. The lowest BCUT2D eigenvalue weighted by Gasteiger charge is -2.23.